The van der Waals surface area contributed by atoms with Gasteiger partial charge in [-0.15, -0.1) is 0 Å². The van der Waals surface area contributed by atoms with Crippen molar-refractivity contribution < 1.29 is 31.9 Å². The minimum Gasteiger partial charge on any atom is -0.497 e. The van der Waals surface area contributed by atoms with E-state index >= 15 is 0 Å². The van der Waals surface area contributed by atoms with Crippen molar-refractivity contribution in [2.75, 3.05) is 12.4 Å². The highest BCUT2D eigenvalue weighted by molar-refractivity contribution is 6.10. The van der Waals surface area contributed by atoms with Crippen LogP contribution in [0, 0.1) is 6.92 Å². The minimum atomic E-state index is -4.81. The number of rotatable bonds is 5. The molecule has 4 rings (SSSR count). The molecule has 2 heterocycles. The highest BCUT2D eigenvalue weighted by Gasteiger charge is 2.40. The first-order valence-corrected chi connectivity index (χ1v) is 11.2. The van der Waals surface area contributed by atoms with E-state index in [4.69, 9.17) is 4.74 Å². The Balaban J connectivity index is 1.61. The summed E-state index contributed by atoms with van der Waals surface area (Å²) in [6.45, 7) is 5.38. The molecule has 2 aromatic carbocycles. The molecule has 1 aromatic heterocycles. The number of amides is 1. The molecule has 36 heavy (non-hydrogen) atoms. The lowest BCUT2D eigenvalue weighted by Gasteiger charge is -2.35. The Morgan fingerprint density at radius 2 is 1.89 bits per heavy atom. The van der Waals surface area contributed by atoms with Crippen molar-refractivity contribution in [1.29, 1.82) is 0 Å². The van der Waals surface area contributed by atoms with Crippen LogP contribution < -0.4 is 15.4 Å². The largest absolute Gasteiger partial charge is 0.497 e. The number of halogens is 3. The number of hydrogen-bond acceptors (Lipinski definition) is 5. The number of methoxy groups -OCH3 is 1. The van der Waals surface area contributed by atoms with Gasteiger partial charge in [0, 0.05) is 34.1 Å². The Morgan fingerprint density at radius 3 is 2.58 bits per heavy atom. The first-order valence-electron chi connectivity index (χ1n) is 11.2. The summed E-state index contributed by atoms with van der Waals surface area (Å²) >= 11 is 0. The summed E-state index contributed by atoms with van der Waals surface area (Å²) in [4.78, 5) is 25.7. The van der Waals surface area contributed by atoms with Gasteiger partial charge < -0.3 is 19.8 Å². The third-order valence-electron chi connectivity index (χ3n) is 5.75. The highest BCUT2D eigenvalue weighted by atomic mass is 19.4. The lowest BCUT2D eigenvalue weighted by molar-refractivity contribution is -0.153. The van der Waals surface area contributed by atoms with Crippen molar-refractivity contribution in [2.24, 2.45) is 0 Å². The monoisotopic (exact) mass is 498 g/mol. The van der Waals surface area contributed by atoms with Gasteiger partial charge in [0.15, 0.2) is 5.78 Å². The molecule has 0 saturated heterocycles. The quantitative estimate of drug-likeness (QED) is 0.332. The van der Waals surface area contributed by atoms with E-state index in [1.54, 1.807) is 19.2 Å². The van der Waals surface area contributed by atoms with Crippen LogP contribution in [0.25, 0.3) is 5.70 Å². The summed E-state index contributed by atoms with van der Waals surface area (Å²) in [5.74, 6) is -2.07. The second-order valence-corrected chi connectivity index (χ2v) is 9.26. The number of aryl methyl sites for hydroxylation is 1. The van der Waals surface area contributed by atoms with Crippen LogP contribution in [0.2, 0.25) is 0 Å². The Kier molecular flexibility index (Phi) is 6.43. The van der Waals surface area contributed by atoms with Gasteiger partial charge in [0.25, 0.3) is 5.91 Å². The third kappa shape index (κ3) is 5.30. The zero-order valence-electron chi connectivity index (χ0n) is 20.2. The Hall–Kier alpha value is -4.01. The smallest absolute Gasteiger partial charge is 0.450 e. The summed E-state index contributed by atoms with van der Waals surface area (Å²) in [6, 6.07) is 12.7. The van der Waals surface area contributed by atoms with Crippen molar-refractivity contribution >= 4 is 23.1 Å². The van der Waals surface area contributed by atoms with Gasteiger partial charge in [-0.2, -0.15) is 13.2 Å². The number of ketones is 1. The number of carbonyl (C=O) groups is 2. The number of benzene rings is 2. The summed E-state index contributed by atoms with van der Waals surface area (Å²) < 4.78 is 49.7. The van der Waals surface area contributed by atoms with Gasteiger partial charge in [0.2, 0.25) is 5.76 Å². The van der Waals surface area contributed by atoms with E-state index in [9.17, 15) is 22.8 Å². The van der Waals surface area contributed by atoms with E-state index in [0.717, 1.165) is 23.6 Å². The first kappa shape index (κ1) is 25.1. The van der Waals surface area contributed by atoms with Gasteiger partial charge in [0.05, 0.1) is 12.7 Å². The molecule has 2 N–H and O–H groups in total. The van der Waals surface area contributed by atoms with Crippen molar-refractivity contribution in [3.8, 4) is 5.75 Å². The van der Waals surface area contributed by atoms with Crippen LogP contribution in [0.5, 0.6) is 5.75 Å². The molecule has 0 unspecified atom stereocenters. The molecule has 0 saturated carbocycles. The van der Waals surface area contributed by atoms with Gasteiger partial charge >= 0.3 is 6.18 Å². The molecule has 0 radical (unpaired) electrons. The molecule has 9 heteroatoms. The Bertz CT molecular complexity index is 1370. The Morgan fingerprint density at radius 1 is 1.14 bits per heavy atom. The lowest BCUT2D eigenvalue weighted by Crippen LogP contribution is -2.43. The van der Waals surface area contributed by atoms with Gasteiger partial charge in [-0.3, -0.25) is 9.59 Å². The predicted octanol–water partition coefficient (Wildman–Crippen LogP) is 6.02. The van der Waals surface area contributed by atoms with E-state index in [1.807, 2.05) is 32.0 Å². The topological polar surface area (TPSA) is 80.6 Å². The molecular formula is C27H25F3N2O4. The van der Waals surface area contributed by atoms with Crippen LogP contribution in [0.3, 0.4) is 0 Å². The molecule has 0 aliphatic carbocycles. The van der Waals surface area contributed by atoms with Gasteiger partial charge in [-0.1, -0.05) is 18.2 Å². The fraction of sp³-hybridized carbons (Fsp3) is 0.259. The second kappa shape index (κ2) is 9.22. The van der Waals surface area contributed by atoms with Crippen molar-refractivity contribution in [3.05, 3.63) is 88.4 Å². The Labute approximate surface area is 206 Å². The molecular weight excluding hydrogens is 473 g/mol. The maximum Gasteiger partial charge on any atom is 0.450 e. The van der Waals surface area contributed by atoms with Gasteiger partial charge in [-0.05, 0) is 63.1 Å². The second-order valence-electron chi connectivity index (χ2n) is 9.26. The first-order chi connectivity index (χ1) is 16.9. The molecule has 3 aromatic rings. The van der Waals surface area contributed by atoms with E-state index in [-0.39, 0.29) is 28.3 Å². The molecule has 1 aliphatic heterocycles. The standard InChI is InChI=1S/C27H25F3N2O4/c1-15-10-21(24(36-15)27(28,29)30)25(34)31-18-7-5-6-16(11-18)23(33)13-22-20-12-19(35-4)9-8-17(20)14-26(2,3)32-22/h5-13,32H,14H2,1-4H3,(H,31,34)/b22-13-. The van der Waals surface area contributed by atoms with Crippen LogP contribution in [0.15, 0.2) is 59.0 Å². The summed E-state index contributed by atoms with van der Waals surface area (Å²) in [5, 5.41) is 5.81. The average molecular weight is 499 g/mol. The number of alkyl halides is 3. The molecule has 1 aliphatic rings. The molecule has 0 fully saturated rings. The SMILES string of the molecule is COc1ccc2c(c1)/C(=C/C(=O)c1cccc(NC(=O)c3cc(C)oc3C(F)(F)F)c1)NC(C)(C)C2. The lowest BCUT2D eigenvalue weighted by atomic mass is 9.85. The molecule has 1 amide bonds. The van der Waals surface area contributed by atoms with Crippen molar-refractivity contribution in [2.45, 2.75) is 38.9 Å². The van der Waals surface area contributed by atoms with Crippen molar-refractivity contribution in [3.63, 3.8) is 0 Å². The number of ether oxygens (including phenoxy) is 1. The number of furan rings is 1. The van der Waals surface area contributed by atoms with E-state index < -0.39 is 23.4 Å². The summed E-state index contributed by atoms with van der Waals surface area (Å²) in [6.07, 6.45) is -2.58. The van der Waals surface area contributed by atoms with E-state index in [2.05, 4.69) is 15.1 Å². The molecule has 0 spiro atoms. The number of hydrogen-bond donors (Lipinski definition) is 2. The number of allylic oxidation sites excluding steroid dienone is 1. The molecule has 0 atom stereocenters. The van der Waals surface area contributed by atoms with Crippen LogP contribution >= 0.6 is 0 Å². The molecule has 0 bridgehead atoms. The number of carbonyl (C=O) groups excluding carboxylic acids is 2. The third-order valence-corrected chi connectivity index (χ3v) is 5.75. The zero-order chi connectivity index (χ0) is 26.3. The van der Waals surface area contributed by atoms with Gasteiger partial charge in [-0.25, -0.2) is 0 Å². The number of anilines is 1. The van der Waals surface area contributed by atoms with Crippen LogP contribution in [0.1, 0.15) is 57.2 Å². The van der Waals surface area contributed by atoms with Crippen LogP contribution in [0.4, 0.5) is 18.9 Å². The molecule has 6 nitrogen and oxygen atoms in total. The van der Waals surface area contributed by atoms with E-state index in [1.165, 1.54) is 25.1 Å². The summed E-state index contributed by atoms with van der Waals surface area (Å²) in [5.41, 5.74) is 2.06. The summed E-state index contributed by atoms with van der Waals surface area (Å²) in [7, 11) is 1.57. The van der Waals surface area contributed by atoms with E-state index in [0.29, 0.717) is 11.4 Å². The van der Waals surface area contributed by atoms with Crippen LogP contribution in [-0.4, -0.2) is 24.3 Å². The van der Waals surface area contributed by atoms with Crippen molar-refractivity contribution in [1.82, 2.24) is 5.32 Å². The zero-order valence-corrected chi connectivity index (χ0v) is 20.2. The highest BCUT2D eigenvalue weighted by Crippen LogP contribution is 2.35. The minimum absolute atomic E-state index is 0.0390. The number of fused-ring (bicyclic) bond motifs is 1. The normalized spacial score (nSPS) is 15.7. The van der Waals surface area contributed by atoms with Gasteiger partial charge in [0.1, 0.15) is 11.5 Å². The maximum atomic E-state index is 13.2. The number of nitrogens with one attached hydrogen (secondary N) is 2. The fourth-order valence-electron chi connectivity index (χ4n) is 4.21. The maximum absolute atomic E-state index is 13.2. The average Bonchev–Trinajstić information content (AvgIpc) is 3.21. The fourth-order valence-corrected chi connectivity index (χ4v) is 4.21. The molecule has 188 valence electrons. The van der Waals surface area contributed by atoms with Crippen LogP contribution in [-0.2, 0) is 12.6 Å². The predicted molar refractivity (Wildman–Crippen MR) is 129 cm³/mol.